The van der Waals surface area contributed by atoms with E-state index in [0.29, 0.717) is 23.2 Å². The molecule has 0 aliphatic rings. The molecule has 6 nitrogen and oxygen atoms in total. The fraction of sp³-hybridized carbons (Fsp3) is 0.280. The van der Waals surface area contributed by atoms with Crippen molar-refractivity contribution >= 4 is 44.4 Å². The topological polar surface area (TPSA) is 69.7 Å². The molecule has 3 aromatic rings. The average molecular weight is 531 g/mol. The van der Waals surface area contributed by atoms with Crippen molar-refractivity contribution in [2.24, 2.45) is 0 Å². The molecule has 0 atom stereocenters. The quantitative estimate of drug-likeness (QED) is 0.218. The fourth-order valence-electron chi connectivity index (χ4n) is 2.96. The van der Waals surface area contributed by atoms with Crippen molar-refractivity contribution in [1.82, 2.24) is 4.98 Å². The van der Waals surface area contributed by atoms with Gasteiger partial charge in [0.25, 0.3) is 0 Å². The van der Waals surface area contributed by atoms with E-state index in [4.69, 9.17) is 14.2 Å². The minimum Gasteiger partial charge on any atom is -0.494 e. The van der Waals surface area contributed by atoms with Gasteiger partial charge in [0, 0.05) is 17.0 Å². The summed E-state index contributed by atoms with van der Waals surface area (Å²) >= 11 is 4.87. The maximum atomic E-state index is 12.4. The van der Waals surface area contributed by atoms with Gasteiger partial charge in [-0.2, -0.15) is 0 Å². The van der Waals surface area contributed by atoms with Gasteiger partial charge in [-0.15, -0.1) is 11.3 Å². The van der Waals surface area contributed by atoms with Crippen LogP contribution in [0.5, 0.6) is 17.2 Å². The van der Waals surface area contributed by atoms with Gasteiger partial charge >= 0.3 is 0 Å². The lowest BCUT2D eigenvalue weighted by molar-refractivity contribution is -0.111. The van der Waals surface area contributed by atoms with E-state index in [9.17, 15) is 4.79 Å². The number of carbonyl (C=O) groups is 1. The number of aromatic nitrogens is 1. The van der Waals surface area contributed by atoms with Crippen molar-refractivity contribution in [3.05, 3.63) is 57.9 Å². The first-order valence-electron chi connectivity index (χ1n) is 10.7. The number of methoxy groups -OCH3 is 1. The third-order valence-electron chi connectivity index (χ3n) is 4.62. The van der Waals surface area contributed by atoms with Crippen LogP contribution in [0.2, 0.25) is 0 Å². The molecule has 2 aromatic carbocycles. The molecule has 0 saturated carbocycles. The molecule has 1 aromatic heterocycles. The van der Waals surface area contributed by atoms with Gasteiger partial charge in [-0.1, -0.05) is 13.3 Å². The molecular formula is C25H27BrN2O4S. The Kier molecular flexibility index (Phi) is 9.33. The molecule has 0 bridgehead atoms. The van der Waals surface area contributed by atoms with Crippen LogP contribution < -0.4 is 19.5 Å². The SMILES string of the molecule is CCCCOc1ccc(-c2csc(NC(=O)/C=C/c3cc(Br)c(OCC)c(OC)c3)n2)cc1. The molecule has 0 spiro atoms. The normalized spacial score (nSPS) is 10.9. The zero-order chi connectivity index (χ0) is 23.6. The first-order chi connectivity index (χ1) is 16.0. The molecule has 1 heterocycles. The molecule has 0 saturated heterocycles. The smallest absolute Gasteiger partial charge is 0.250 e. The maximum Gasteiger partial charge on any atom is 0.250 e. The number of benzene rings is 2. The van der Waals surface area contributed by atoms with E-state index >= 15 is 0 Å². The maximum absolute atomic E-state index is 12.4. The van der Waals surface area contributed by atoms with E-state index in [0.717, 1.165) is 46.5 Å². The Morgan fingerprint density at radius 2 is 1.97 bits per heavy atom. The van der Waals surface area contributed by atoms with Crippen LogP contribution in [0.25, 0.3) is 17.3 Å². The number of thiazole rings is 1. The monoisotopic (exact) mass is 530 g/mol. The second-order valence-corrected chi connectivity index (χ2v) is 8.77. The van der Waals surface area contributed by atoms with E-state index in [1.165, 1.54) is 17.4 Å². The van der Waals surface area contributed by atoms with Crippen molar-refractivity contribution < 1.29 is 19.0 Å². The Bertz CT molecular complexity index is 1100. The molecule has 3 rings (SSSR count). The van der Waals surface area contributed by atoms with Gasteiger partial charge in [-0.25, -0.2) is 4.98 Å². The molecule has 33 heavy (non-hydrogen) atoms. The highest BCUT2D eigenvalue weighted by molar-refractivity contribution is 9.10. The van der Waals surface area contributed by atoms with Crippen LogP contribution in [0.15, 0.2) is 52.3 Å². The third kappa shape index (κ3) is 7.07. The number of anilines is 1. The molecule has 1 N–H and O–H groups in total. The lowest BCUT2D eigenvalue weighted by atomic mass is 10.2. The van der Waals surface area contributed by atoms with E-state index in [2.05, 4.69) is 33.2 Å². The first kappa shape index (κ1) is 24.8. The zero-order valence-corrected chi connectivity index (χ0v) is 21.3. The van der Waals surface area contributed by atoms with E-state index in [1.807, 2.05) is 48.7 Å². The molecule has 0 radical (unpaired) electrons. The Labute approximate surface area is 206 Å². The van der Waals surface area contributed by atoms with Gasteiger partial charge in [0.1, 0.15) is 5.75 Å². The van der Waals surface area contributed by atoms with E-state index in [1.54, 1.807) is 13.2 Å². The Balaban J connectivity index is 1.62. The second-order valence-electron chi connectivity index (χ2n) is 7.05. The van der Waals surface area contributed by atoms with Crippen molar-refractivity contribution in [3.63, 3.8) is 0 Å². The number of hydrogen-bond donors (Lipinski definition) is 1. The molecule has 0 fully saturated rings. The Morgan fingerprint density at radius 3 is 2.67 bits per heavy atom. The highest BCUT2D eigenvalue weighted by Gasteiger charge is 2.11. The molecular weight excluding hydrogens is 504 g/mol. The minimum absolute atomic E-state index is 0.264. The summed E-state index contributed by atoms with van der Waals surface area (Å²) in [7, 11) is 1.58. The molecule has 0 aliphatic heterocycles. The van der Waals surface area contributed by atoms with Gasteiger partial charge in [0.2, 0.25) is 5.91 Å². The third-order valence-corrected chi connectivity index (χ3v) is 5.97. The summed E-state index contributed by atoms with van der Waals surface area (Å²) in [5.41, 5.74) is 2.58. The predicted molar refractivity (Wildman–Crippen MR) is 137 cm³/mol. The number of unbranched alkanes of at least 4 members (excludes halogenated alkanes) is 1. The summed E-state index contributed by atoms with van der Waals surface area (Å²) in [6.45, 7) is 5.29. The van der Waals surface area contributed by atoms with Crippen LogP contribution in [0.1, 0.15) is 32.3 Å². The summed E-state index contributed by atoms with van der Waals surface area (Å²) < 4.78 is 17.4. The standard InChI is InChI=1S/C25H27BrN2O4S/c1-4-6-13-32-19-10-8-18(9-11-19)21-16-33-25(27-21)28-23(29)12-7-17-14-20(26)24(31-5-2)22(15-17)30-3/h7-12,14-16H,4-6,13H2,1-3H3,(H,27,28,29)/b12-7+. The number of rotatable bonds is 11. The fourth-order valence-corrected chi connectivity index (χ4v) is 4.26. The number of ether oxygens (including phenoxy) is 3. The Morgan fingerprint density at radius 1 is 1.18 bits per heavy atom. The highest BCUT2D eigenvalue weighted by atomic mass is 79.9. The molecule has 0 aliphatic carbocycles. The van der Waals surface area contributed by atoms with Gasteiger partial charge in [0.05, 0.1) is 30.5 Å². The van der Waals surface area contributed by atoms with Crippen LogP contribution >= 0.6 is 27.3 Å². The Hall–Kier alpha value is -2.84. The number of nitrogens with zero attached hydrogens (tertiary/aromatic N) is 1. The lowest BCUT2D eigenvalue weighted by Gasteiger charge is -2.12. The van der Waals surface area contributed by atoms with Crippen molar-refractivity contribution in [1.29, 1.82) is 0 Å². The number of halogens is 1. The van der Waals surface area contributed by atoms with Crippen LogP contribution in [-0.2, 0) is 4.79 Å². The summed E-state index contributed by atoms with van der Waals surface area (Å²) in [4.78, 5) is 16.9. The largest absolute Gasteiger partial charge is 0.494 e. The summed E-state index contributed by atoms with van der Waals surface area (Å²) in [6.07, 6.45) is 5.32. The van der Waals surface area contributed by atoms with Gasteiger partial charge in [-0.3, -0.25) is 10.1 Å². The zero-order valence-electron chi connectivity index (χ0n) is 18.9. The average Bonchev–Trinajstić information content (AvgIpc) is 3.28. The van der Waals surface area contributed by atoms with Crippen LogP contribution in [0.3, 0.4) is 0 Å². The van der Waals surface area contributed by atoms with Gasteiger partial charge in [0.15, 0.2) is 16.6 Å². The second kappa shape index (κ2) is 12.4. The van der Waals surface area contributed by atoms with Crippen LogP contribution in [0, 0.1) is 0 Å². The lowest BCUT2D eigenvalue weighted by Crippen LogP contribution is -2.07. The molecule has 1 amide bonds. The number of nitrogens with one attached hydrogen (secondary N) is 1. The van der Waals surface area contributed by atoms with E-state index in [-0.39, 0.29) is 5.91 Å². The van der Waals surface area contributed by atoms with Gasteiger partial charge in [-0.05, 0) is 77.3 Å². The van der Waals surface area contributed by atoms with E-state index < -0.39 is 0 Å². The molecule has 174 valence electrons. The van der Waals surface area contributed by atoms with Crippen LogP contribution in [0.4, 0.5) is 5.13 Å². The number of amides is 1. The summed E-state index contributed by atoms with van der Waals surface area (Å²) in [5, 5.41) is 5.27. The number of carbonyl (C=O) groups excluding carboxylic acids is 1. The van der Waals surface area contributed by atoms with Gasteiger partial charge < -0.3 is 14.2 Å². The number of hydrogen-bond acceptors (Lipinski definition) is 6. The first-order valence-corrected chi connectivity index (χ1v) is 12.4. The highest BCUT2D eigenvalue weighted by Crippen LogP contribution is 2.37. The predicted octanol–water partition coefficient (Wildman–Crippen LogP) is 6.81. The molecule has 8 heteroatoms. The molecule has 0 unspecified atom stereocenters. The minimum atomic E-state index is -0.264. The summed E-state index contributed by atoms with van der Waals surface area (Å²) in [5.74, 6) is 1.81. The van der Waals surface area contributed by atoms with Crippen molar-refractivity contribution in [2.45, 2.75) is 26.7 Å². The van der Waals surface area contributed by atoms with Crippen molar-refractivity contribution in [2.75, 3.05) is 25.6 Å². The van der Waals surface area contributed by atoms with Crippen LogP contribution in [-0.4, -0.2) is 31.2 Å². The van der Waals surface area contributed by atoms with Crippen molar-refractivity contribution in [3.8, 4) is 28.5 Å². The summed E-state index contributed by atoms with van der Waals surface area (Å²) in [6, 6.07) is 11.5.